The predicted molar refractivity (Wildman–Crippen MR) is 136 cm³/mol. The monoisotopic (exact) mass is 511 g/mol. The summed E-state index contributed by atoms with van der Waals surface area (Å²) in [6.45, 7) is 1.61. The van der Waals surface area contributed by atoms with Crippen molar-refractivity contribution in [3.8, 4) is 5.75 Å². The van der Waals surface area contributed by atoms with E-state index in [1.807, 2.05) is 25.1 Å². The fraction of sp³-hybridized carbons (Fsp3) is 0.154. The average Bonchev–Trinajstić information content (AvgIpc) is 2.83. The number of ether oxygens (including phenoxy) is 1. The summed E-state index contributed by atoms with van der Waals surface area (Å²) in [4.78, 5) is 0.299. The minimum atomic E-state index is -3.90. The standard InChI is InChI=1S/C26H25NO6S2/c1-19-9-12-23(13-10-19)35(30,31)33-16-15-32-22-11-14-25(27)21(17-22)18-34(28,29)26-8-4-6-20-5-2-3-7-24(20)26/h2-14,17H,15-16,18,27H2,1H3. The normalized spacial score (nSPS) is 12.0. The Bertz CT molecular complexity index is 1560. The van der Waals surface area contributed by atoms with Crippen molar-refractivity contribution in [2.24, 2.45) is 0 Å². The Morgan fingerprint density at radius 2 is 1.51 bits per heavy atom. The fourth-order valence-electron chi connectivity index (χ4n) is 3.62. The van der Waals surface area contributed by atoms with Crippen LogP contribution in [0, 0.1) is 6.92 Å². The summed E-state index contributed by atoms with van der Waals surface area (Å²) in [5.41, 5.74) is 7.70. The Balaban J connectivity index is 1.44. The summed E-state index contributed by atoms with van der Waals surface area (Å²) in [5.74, 6) is 0.0566. The highest BCUT2D eigenvalue weighted by atomic mass is 32.2. The molecule has 0 fully saturated rings. The number of anilines is 1. The van der Waals surface area contributed by atoms with Gasteiger partial charge in [0.2, 0.25) is 0 Å². The van der Waals surface area contributed by atoms with E-state index in [9.17, 15) is 16.8 Å². The number of nitrogens with two attached hydrogens (primary N) is 1. The van der Waals surface area contributed by atoms with Gasteiger partial charge in [-0.15, -0.1) is 0 Å². The first-order valence-corrected chi connectivity index (χ1v) is 13.9. The predicted octanol–water partition coefficient (Wildman–Crippen LogP) is 4.49. The van der Waals surface area contributed by atoms with Crippen molar-refractivity contribution in [1.29, 1.82) is 0 Å². The lowest BCUT2D eigenvalue weighted by atomic mass is 10.1. The van der Waals surface area contributed by atoms with E-state index in [1.165, 1.54) is 12.1 Å². The first kappa shape index (κ1) is 24.7. The second-order valence-electron chi connectivity index (χ2n) is 8.03. The van der Waals surface area contributed by atoms with Crippen LogP contribution in [0.5, 0.6) is 5.75 Å². The Labute approximate surface area is 205 Å². The molecule has 0 spiro atoms. The van der Waals surface area contributed by atoms with Crippen LogP contribution in [0.15, 0.2) is 94.7 Å². The molecule has 0 aliphatic carbocycles. The number of rotatable bonds is 9. The molecule has 0 saturated carbocycles. The molecule has 0 bridgehead atoms. The van der Waals surface area contributed by atoms with Crippen molar-refractivity contribution in [2.45, 2.75) is 22.5 Å². The SMILES string of the molecule is Cc1ccc(S(=O)(=O)OCCOc2ccc(N)c(CS(=O)(=O)c3cccc4ccccc34)c2)cc1. The van der Waals surface area contributed by atoms with Crippen LogP contribution in [0.3, 0.4) is 0 Å². The van der Waals surface area contributed by atoms with Crippen LogP contribution in [0.4, 0.5) is 5.69 Å². The number of hydrogen-bond donors (Lipinski definition) is 1. The highest BCUT2D eigenvalue weighted by molar-refractivity contribution is 7.91. The Morgan fingerprint density at radius 3 is 2.29 bits per heavy atom. The van der Waals surface area contributed by atoms with Crippen molar-refractivity contribution in [2.75, 3.05) is 18.9 Å². The van der Waals surface area contributed by atoms with E-state index < -0.39 is 20.0 Å². The van der Waals surface area contributed by atoms with Gasteiger partial charge in [-0.25, -0.2) is 8.42 Å². The molecule has 182 valence electrons. The summed E-state index contributed by atoms with van der Waals surface area (Å²) in [6.07, 6.45) is 0. The minimum absolute atomic E-state index is 0.0511. The van der Waals surface area contributed by atoms with E-state index in [4.69, 9.17) is 14.7 Å². The Morgan fingerprint density at radius 1 is 0.800 bits per heavy atom. The number of fused-ring (bicyclic) bond motifs is 1. The summed E-state index contributed by atoms with van der Waals surface area (Å²) in [6, 6.07) is 23.5. The van der Waals surface area contributed by atoms with E-state index in [0.29, 0.717) is 22.4 Å². The van der Waals surface area contributed by atoms with Crippen LogP contribution in [0.25, 0.3) is 10.8 Å². The molecule has 0 aliphatic heterocycles. The lowest BCUT2D eigenvalue weighted by molar-refractivity contribution is 0.221. The molecule has 0 radical (unpaired) electrons. The summed E-state index contributed by atoms with van der Waals surface area (Å²) < 4.78 is 61.6. The molecule has 9 heteroatoms. The molecule has 4 rings (SSSR count). The third-order valence-corrected chi connectivity index (χ3v) is 8.49. The van der Waals surface area contributed by atoms with Crippen molar-refractivity contribution in [1.82, 2.24) is 0 Å². The van der Waals surface area contributed by atoms with E-state index in [-0.39, 0.29) is 28.8 Å². The van der Waals surface area contributed by atoms with Crippen LogP contribution >= 0.6 is 0 Å². The van der Waals surface area contributed by atoms with Crippen molar-refractivity contribution >= 4 is 36.4 Å². The van der Waals surface area contributed by atoms with Crippen LogP contribution in [-0.4, -0.2) is 30.0 Å². The molecule has 0 saturated heterocycles. The quantitative estimate of drug-likeness (QED) is 0.200. The van der Waals surface area contributed by atoms with Gasteiger partial charge in [0, 0.05) is 11.1 Å². The van der Waals surface area contributed by atoms with E-state index in [0.717, 1.165) is 10.9 Å². The third kappa shape index (κ3) is 5.82. The first-order chi connectivity index (χ1) is 16.7. The van der Waals surface area contributed by atoms with Crippen LogP contribution in [0.2, 0.25) is 0 Å². The lowest BCUT2D eigenvalue weighted by Gasteiger charge is -2.12. The zero-order valence-electron chi connectivity index (χ0n) is 19.0. The minimum Gasteiger partial charge on any atom is -0.491 e. The summed E-state index contributed by atoms with van der Waals surface area (Å²) >= 11 is 0. The van der Waals surface area contributed by atoms with E-state index in [2.05, 4.69) is 0 Å². The van der Waals surface area contributed by atoms with Gasteiger partial charge in [-0.2, -0.15) is 8.42 Å². The molecule has 0 atom stereocenters. The smallest absolute Gasteiger partial charge is 0.297 e. The molecule has 0 aromatic heterocycles. The van der Waals surface area contributed by atoms with Gasteiger partial charge in [0.15, 0.2) is 9.84 Å². The maximum Gasteiger partial charge on any atom is 0.297 e. The second kappa shape index (κ2) is 10.1. The maximum absolute atomic E-state index is 13.2. The van der Waals surface area contributed by atoms with Gasteiger partial charge in [-0.05, 0) is 54.3 Å². The molecule has 0 amide bonds. The molecular weight excluding hydrogens is 486 g/mol. The maximum atomic E-state index is 13.2. The summed E-state index contributed by atoms with van der Waals surface area (Å²) in [5, 5.41) is 1.48. The zero-order valence-corrected chi connectivity index (χ0v) is 20.7. The molecule has 4 aromatic rings. The van der Waals surface area contributed by atoms with Gasteiger partial charge in [-0.3, -0.25) is 4.18 Å². The number of sulfone groups is 1. The van der Waals surface area contributed by atoms with Crippen LogP contribution < -0.4 is 10.5 Å². The molecule has 4 aromatic carbocycles. The second-order valence-corrected chi connectivity index (χ2v) is 11.6. The molecule has 0 heterocycles. The molecule has 0 unspecified atom stereocenters. The largest absolute Gasteiger partial charge is 0.491 e. The van der Waals surface area contributed by atoms with Gasteiger partial charge in [-0.1, -0.05) is 54.1 Å². The van der Waals surface area contributed by atoms with Crippen LogP contribution in [-0.2, 0) is 29.9 Å². The highest BCUT2D eigenvalue weighted by Crippen LogP contribution is 2.29. The summed E-state index contributed by atoms with van der Waals surface area (Å²) in [7, 11) is -7.60. The van der Waals surface area contributed by atoms with Gasteiger partial charge >= 0.3 is 0 Å². The van der Waals surface area contributed by atoms with Crippen LogP contribution in [0.1, 0.15) is 11.1 Å². The molecule has 35 heavy (non-hydrogen) atoms. The number of benzene rings is 4. The number of aryl methyl sites for hydroxylation is 1. The van der Waals surface area contributed by atoms with Crippen molar-refractivity contribution in [3.05, 3.63) is 96.1 Å². The van der Waals surface area contributed by atoms with Gasteiger partial charge in [0.05, 0.1) is 15.5 Å². The molecular formula is C26H25NO6S2. The number of hydrogen-bond acceptors (Lipinski definition) is 7. The van der Waals surface area contributed by atoms with Gasteiger partial charge in [0.1, 0.15) is 19.0 Å². The Hall–Kier alpha value is -3.40. The van der Waals surface area contributed by atoms with E-state index in [1.54, 1.807) is 54.6 Å². The van der Waals surface area contributed by atoms with Crippen molar-refractivity contribution < 1.29 is 25.8 Å². The average molecular weight is 512 g/mol. The molecule has 2 N–H and O–H groups in total. The lowest BCUT2D eigenvalue weighted by Crippen LogP contribution is -2.13. The fourth-order valence-corrected chi connectivity index (χ4v) is 6.14. The highest BCUT2D eigenvalue weighted by Gasteiger charge is 2.20. The van der Waals surface area contributed by atoms with Crippen molar-refractivity contribution in [3.63, 3.8) is 0 Å². The van der Waals surface area contributed by atoms with E-state index >= 15 is 0 Å². The topological polar surface area (TPSA) is 113 Å². The van der Waals surface area contributed by atoms with Gasteiger partial charge < -0.3 is 10.5 Å². The number of nitrogen functional groups attached to an aromatic ring is 1. The first-order valence-electron chi connectivity index (χ1n) is 10.8. The molecule has 0 aliphatic rings. The molecule has 7 nitrogen and oxygen atoms in total. The Kier molecular flexibility index (Phi) is 7.11. The zero-order chi connectivity index (χ0) is 25.1. The third-order valence-electron chi connectivity index (χ3n) is 5.44. The van der Waals surface area contributed by atoms with Gasteiger partial charge in [0.25, 0.3) is 10.1 Å².